The zero-order chi connectivity index (χ0) is 29.6. The number of pyridine rings is 1. The molecular formula is C30H25ClF2N6O3. The zero-order valence-corrected chi connectivity index (χ0v) is 23.1. The smallest absolute Gasteiger partial charge is 0.352 e. The molecule has 12 heteroatoms. The van der Waals surface area contributed by atoms with Crippen molar-refractivity contribution in [3.63, 3.8) is 0 Å². The number of benzene rings is 3. The quantitative estimate of drug-likeness (QED) is 0.169. The van der Waals surface area contributed by atoms with Gasteiger partial charge < -0.3 is 15.5 Å². The highest BCUT2D eigenvalue weighted by Gasteiger charge is 2.18. The predicted octanol–water partition coefficient (Wildman–Crippen LogP) is 7.08. The number of aromatic nitrogens is 3. The van der Waals surface area contributed by atoms with E-state index in [1.54, 1.807) is 48.5 Å². The maximum absolute atomic E-state index is 14.3. The van der Waals surface area contributed by atoms with Crippen LogP contribution in [0.4, 0.5) is 30.8 Å². The van der Waals surface area contributed by atoms with Crippen LogP contribution in [0.25, 0.3) is 22.6 Å². The summed E-state index contributed by atoms with van der Waals surface area (Å²) in [7, 11) is 0. The minimum Gasteiger partial charge on any atom is -0.352 e. The lowest BCUT2D eigenvalue weighted by molar-refractivity contribution is 0.262. The average Bonchev–Trinajstić information content (AvgIpc) is 3.41. The van der Waals surface area contributed by atoms with Gasteiger partial charge in [-0.2, -0.15) is 0 Å². The van der Waals surface area contributed by atoms with E-state index in [0.717, 1.165) is 18.1 Å². The van der Waals surface area contributed by atoms with Gasteiger partial charge in [-0.25, -0.2) is 23.4 Å². The Morgan fingerprint density at radius 3 is 2.45 bits per heavy atom. The second-order valence-electron chi connectivity index (χ2n) is 9.34. The van der Waals surface area contributed by atoms with Gasteiger partial charge in [-0.05, 0) is 48.4 Å². The summed E-state index contributed by atoms with van der Waals surface area (Å²) in [5.41, 5.74) is 2.80. The second kappa shape index (κ2) is 12.6. The molecule has 0 atom stereocenters. The van der Waals surface area contributed by atoms with Gasteiger partial charge in [0.2, 0.25) is 0 Å². The van der Waals surface area contributed by atoms with Crippen molar-refractivity contribution in [3.05, 3.63) is 112 Å². The molecule has 0 spiro atoms. The Morgan fingerprint density at radius 2 is 1.76 bits per heavy atom. The molecule has 0 unspecified atom stereocenters. The summed E-state index contributed by atoms with van der Waals surface area (Å²) in [6, 6.07) is 19.9. The Balaban J connectivity index is 1.55. The number of hydrogen-bond donors (Lipinski definition) is 3. The van der Waals surface area contributed by atoms with Crippen LogP contribution in [0.2, 0.25) is 5.02 Å². The molecule has 2 heterocycles. The molecule has 0 saturated carbocycles. The number of anilines is 3. The van der Waals surface area contributed by atoms with Crippen molar-refractivity contribution in [1.29, 1.82) is 0 Å². The highest BCUT2D eigenvalue weighted by atomic mass is 35.5. The van der Waals surface area contributed by atoms with Crippen LogP contribution in [0.5, 0.6) is 0 Å². The van der Waals surface area contributed by atoms with E-state index in [-0.39, 0.29) is 22.4 Å². The molecule has 0 bridgehead atoms. The average molecular weight is 591 g/mol. The predicted molar refractivity (Wildman–Crippen MR) is 158 cm³/mol. The van der Waals surface area contributed by atoms with E-state index < -0.39 is 17.6 Å². The molecular weight excluding hydrogens is 566 g/mol. The van der Waals surface area contributed by atoms with Gasteiger partial charge in [-0.15, -0.1) is 0 Å². The molecule has 0 aliphatic carbocycles. The fourth-order valence-electron chi connectivity index (χ4n) is 4.38. The molecule has 0 fully saturated rings. The summed E-state index contributed by atoms with van der Waals surface area (Å²) in [5, 5.41) is 9.26. The standard InChI is InChI=1S/C30H25ClF2N6O3/c1-2-13-39(17-18-7-10-20(32)11-8-18)27-16-21(34-29(40)36-25-12-9-19(31)14-24(25)33)15-26(35-27)22-5-3-4-6-23(22)28-37-30(41)42-38-28/h3-12,14-16H,2,13,17H2,1H3,(H,37,38,41)(H2,34,35,36,40). The molecule has 2 amide bonds. The van der Waals surface area contributed by atoms with Crippen LogP contribution < -0.4 is 21.3 Å². The maximum atomic E-state index is 14.3. The van der Waals surface area contributed by atoms with E-state index in [9.17, 15) is 18.4 Å². The van der Waals surface area contributed by atoms with Crippen LogP contribution in [0.15, 0.2) is 88.2 Å². The summed E-state index contributed by atoms with van der Waals surface area (Å²) in [5.74, 6) is -0.987. The molecule has 3 aromatic carbocycles. The number of halogens is 3. The molecule has 5 rings (SSSR count). The molecule has 2 aromatic heterocycles. The summed E-state index contributed by atoms with van der Waals surface area (Å²) in [6.07, 6.45) is 0.781. The summed E-state index contributed by atoms with van der Waals surface area (Å²) >= 11 is 5.83. The first-order valence-electron chi connectivity index (χ1n) is 13.0. The molecule has 5 aromatic rings. The van der Waals surface area contributed by atoms with Crippen molar-refractivity contribution in [3.8, 4) is 22.6 Å². The molecule has 9 nitrogen and oxygen atoms in total. The third-order valence-electron chi connectivity index (χ3n) is 6.25. The Labute approximate surface area is 244 Å². The monoisotopic (exact) mass is 590 g/mol. The normalized spacial score (nSPS) is 10.9. The number of hydrogen-bond acceptors (Lipinski definition) is 6. The Bertz CT molecular complexity index is 1770. The van der Waals surface area contributed by atoms with E-state index in [1.807, 2.05) is 11.8 Å². The fourth-order valence-corrected chi connectivity index (χ4v) is 4.54. The highest BCUT2D eigenvalue weighted by Crippen LogP contribution is 2.33. The van der Waals surface area contributed by atoms with Gasteiger partial charge in [0.1, 0.15) is 17.5 Å². The lowest BCUT2D eigenvalue weighted by Gasteiger charge is -2.25. The number of aromatic amines is 1. The Hall–Kier alpha value is -5.03. The van der Waals surface area contributed by atoms with Gasteiger partial charge in [-0.3, -0.25) is 9.51 Å². The van der Waals surface area contributed by atoms with Gasteiger partial charge in [-0.1, -0.05) is 60.1 Å². The first-order valence-corrected chi connectivity index (χ1v) is 13.4. The fraction of sp³-hybridized carbons (Fsp3) is 0.133. The van der Waals surface area contributed by atoms with Gasteiger partial charge in [0, 0.05) is 41.0 Å². The molecule has 0 radical (unpaired) electrons. The second-order valence-corrected chi connectivity index (χ2v) is 9.78. The minimum atomic E-state index is -0.705. The lowest BCUT2D eigenvalue weighted by Crippen LogP contribution is -2.25. The summed E-state index contributed by atoms with van der Waals surface area (Å²) in [6.45, 7) is 3.04. The first-order chi connectivity index (χ1) is 20.3. The van der Waals surface area contributed by atoms with Gasteiger partial charge in [0.25, 0.3) is 0 Å². The molecule has 0 aliphatic heterocycles. The maximum Gasteiger partial charge on any atom is 0.439 e. The van der Waals surface area contributed by atoms with Gasteiger partial charge in [0.15, 0.2) is 5.82 Å². The summed E-state index contributed by atoms with van der Waals surface area (Å²) < 4.78 is 32.6. The van der Waals surface area contributed by atoms with E-state index in [4.69, 9.17) is 21.1 Å². The molecule has 0 saturated heterocycles. The van der Waals surface area contributed by atoms with Crippen LogP contribution in [0, 0.1) is 11.6 Å². The molecule has 214 valence electrons. The molecule has 3 N–H and O–H groups in total. The lowest BCUT2D eigenvalue weighted by atomic mass is 10.0. The number of amides is 2. The van der Waals surface area contributed by atoms with Crippen molar-refractivity contribution < 1.29 is 18.1 Å². The number of urea groups is 1. The number of H-pyrrole nitrogens is 1. The van der Waals surface area contributed by atoms with Crippen molar-refractivity contribution in [2.45, 2.75) is 19.9 Å². The largest absolute Gasteiger partial charge is 0.439 e. The van der Waals surface area contributed by atoms with Crippen molar-refractivity contribution in [2.24, 2.45) is 0 Å². The summed E-state index contributed by atoms with van der Waals surface area (Å²) in [4.78, 5) is 34.1. The zero-order valence-electron chi connectivity index (χ0n) is 22.3. The number of nitrogens with one attached hydrogen (secondary N) is 3. The molecule has 42 heavy (non-hydrogen) atoms. The van der Waals surface area contributed by atoms with Crippen LogP contribution in [-0.2, 0) is 6.54 Å². The molecule has 0 aliphatic rings. The van der Waals surface area contributed by atoms with Crippen molar-refractivity contribution in [1.82, 2.24) is 15.1 Å². The van der Waals surface area contributed by atoms with E-state index in [1.165, 1.54) is 24.3 Å². The first kappa shape index (κ1) is 28.5. The Kier molecular flexibility index (Phi) is 8.58. The van der Waals surface area contributed by atoms with Crippen LogP contribution >= 0.6 is 11.6 Å². The van der Waals surface area contributed by atoms with Crippen molar-refractivity contribution in [2.75, 3.05) is 22.1 Å². The van der Waals surface area contributed by atoms with Crippen molar-refractivity contribution >= 4 is 34.8 Å². The van der Waals surface area contributed by atoms with E-state index >= 15 is 0 Å². The number of nitrogens with zero attached hydrogens (tertiary/aromatic N) is 3. The van der Waals surface area contributed by atoms with Gasteiger partial charge in [0.05, 0.1) is 11.4 Å². The number of carbonyl (C=O) groups excluding carboxylic acids is 1. The van der Waals surface area contributed by atoms with E-state index in [2.05, 4.69) is 20.8 Å². The van der Waals surface area contributed by atoms with Crippen LogP contribution in [0.3, 0.4) is 0 Å². The topological polar surface area (TPSA) is 116 Å². The third kappa shape index (κ3) is 6.81. The third-order valence-corrected chi connectivity index (χ3v) is 6.49. The number of carbonyl (C=O) groups is 1. The van der Waals surface area contributed by atoms with Gasteiger partial charge >= 0.3 is 11.8 Å². The highest BCUT2D eigenvalue weighted by molar-refractivity contribution is 6.30. The number of rotatable bonds is 9. The van der Waals surface area contributed by atoms with Crippen LogP contribution in [0.1, 0.15) is 18.9 Å². The minimum absolute atomic E-state index is 0.0457. The van der Waals surface area contributed by atoms with E-state index in [0.29, 0.717) is 41.4 Å². The Morgan fingerprint density at radius 1 is 1.00 bits per heavy atom. The van der Waals surface area contributed by atoms with Crippen LogP contribution in [-0.4, -0.2) is 27.7 Å². The SMILES string of the molecule is CCCN(Cc1ccc(F)cc1)c1cc(NC(=O)Nc2ccc(Cl)cc2F)cc(-c2ccccc2-c2noc(=O)[nH]2)n1.